The monoisotopic (exact) mass is 356 g/mol. The van der Waals surface area contributed by atoms with E-state index in [1.165, 1.54) is 0 Å². The summed E-state index contributed by atoms with van der Waals surface area (Å²) in [5.74, 6) is 0.918. The summed E-state index contributed by atoms with van der Waals surface area (Å²) >= 11 is 0. The lowest BCUT2D eigenvalue weighted by Crippen LogP contribution is -2.16. The Kier molecular flexibility index (Phi) is 4.19. The first-order valence-electron chi connectivity index (χ1n) is 9.22. The van der Waals surface area contributed by atoms with Crippen molar-refractivity contribution in [3.63, 3.8) is 0 Å². The zero-order chi connectivity index (χ0) is 19.0. The van der Waals surface area contributed by atoms with Gasteiger partial charge in [-0.05, 0) is 24.6 Å². The Hall–Kier alpha value is -3.14. The van der Waals surface area contributed by atoms with Crippen LogP contribution in [0.2, 0.25) is 0 Å². The molecule has 0 radical (unpaired) electrons. The van der Waals surface area contributed by atoms with Crippen LogP contribution in [0, 0.1) is 6.92 Å². The molecule has 4 aromatic rings. The molecule has 0 amide bonds. The molecule has 2 aromatic carbocycles. The van der Waals surface area contributed by atoms with Gasteiger partial charge >= 0.3 is 0 Å². The summed E-state index contributed by atoms with van der Waals surface area (Å²) in [5, 5.41) is 8.31. The molecule has 0 fully saturated rings. The fraction of sp³-hybridized carbons (Fsp3) is 0.217. The number of fused-ring (bicyclic) bond motifs is 1. The number of benzene rings is 2. The van der Waals surface area contributed by atoms with Crippen LogP contribution in [0.3, 0.4) is 0 Å². The molecular weight excluding hydrogens is 332 g/mol. The Morgan fingerprint density at radius 2 is 1.52 bits per heavy atom. The first kappa shape index (κ1) is 17.3. The van der Waals surface area contributed by atoms with Crippen LogP contribution in [-0.4, -0.2) is 14.6 Å². The molecule has 0 aliphatic heterocycles. The maximum atomic E-state index is 5.01. The molecule has 4 rings (SSSR count). The minimum atomic E-state index is -0.0685. The Bertz CT molecular complexity index is 1070. The van der Waals surface area contributed by atoms with Crippen molar-refractivity contribution in [3.8, 4) is 11.1 Å². The van der Waals surface area contributed by atoms with Crippen LogP contribution < -0.4 is 5.32 Å². The summed E-state index contributed by atoms with van der Waals surface area (Å²) in [5.41, 5.74) is 6.05. The number of rotatable bonds is 3. The molecule has 0 saturated heterocycles. The number of aromatic nitrogens is 3. The van der Waals surface area contributed by atoms with E-state index in [9.17, 15) is 0 Å². The first-order chi connectivity index (χ1) is 12.9. The van der Waals surface area contributed by atoms with Gasteiger partial charge in [-0.15, -0.1) is 0 Å². The average molecular weight is 356 g/mol. The van der Waals surface area contributed by atoms with Gasteiger partial charge in [0.15, 0.2) is 5.65 Å². The summed E-state index contributed by atoms with van der Waals surface area (Å²) in [6, 6.07) is 22.6. The summed E-state index contributed by atoms with van der Waals surface area (Å²) < 4.78 is 1.92. The van der Waals surface area contributed by atoms with Gasteiger partial charge in [-0.3, -0.25) is 0 Å². The van der Waals surface area contributed by atoms with Gasteiger partial charge in [-0.25, -0.2) is 4.98 Å². The van der Waals surface area contributed by atoms with Gasteiger partial charge in [0.2, 0.25) is 0 Å². The molecular formula is C23H24N4. The highest BCUT2D eigenvalue weighted by Crippen LogP contribution is 2.32. The van der Waals surface area contributed by atoms with Crippen molar-refractivity contribution in [1.29, 1.82) is 0 Å². The molecule has 0 atom stereocenters. The molecule has 0 saturated carbocycles. The number of aryl methyl sites for hydroxylation is 1. The summed E-state index contributed by atoms with van der Waals surface area (Å²) in [7, 11) is 0. The Balaban J connectivity index is 1.97. The highest BCUT2D eigenvalue weighted by atomic mass is 15.3. The molecule has 4 nitrogen and oxygen atoms in total. The van der Waals surface area contributed by atoms with Crippen molar-refractivity contribution in [2.75, 3.05) is 5.32 Å². The lowest BCUT2D eigenvalue weighted by Gasteiger charge is -2.20. The third kappa shape index (κ3) is 3.31. The lowest BCUT2D eigenvalue weighted by molar-refractivity contribution is 0.569. The van der Waals surface area contributed by atoms with Crippen LogP contribution >= 0.6 is 0 Å². The van der Waals surface area contributed by atoms with Gasteiger partial charge in [-0.1, -0.05) is 69.3 Å². The minimum Gasteiger partial charge on any atom is -0.340 e. The van der Waals surface area contributed by atoms with Gasteiger partial charge in [0.05, 0.1) is 11.4 Å². The Labute approximate surface area is 159 Å². The van der Waals surface area contributed by atoms with Gasteiger partial charge in [-0.2, -0.15) is 9.61 Å². The van der Waals surface area contributed by atoms with E-state index in [-0.39, 0.29) is 5.41 Å². The largest absolute Gasteiger partial charge is 0.340 e. The maximum absolute atomic E-state index is 5.01. The van der Waals surface area contributed by atoms with Crippen LogP contribution in [0.4, 0.5) is 11.5 Å². The van der Waals surface area contributed by atoms with Crippen molar-refractivity contribution in [3.05, 3.63) is 78.1 Å². The van der Waals surface area contributed by atoms with Crippen molar-refractivity contribution in [1.82, 2.24) is 14.6 Å². The highest BCUT2D eigenvalue weighted by molar-refractivity contribution is 5.81. The number of hydrogen-bond donors (Lipinski definition) is 1. The van der Waals surface area contributed by atoms with Crippen LogP contribution in [0.25, 0.3) is 16.8 Å². The van der Waals surface area contributed by atoms with E-state index in [2.05, 4.69) is 68.6 Å². The van der Waals surface area contributed by atoms with E-state index in [0.717, 1.165) is 39.7 Å². The fourth-order valence-corrected chi connectivity index (χ4v) is 3.21. The standard InChI is InChI=1S/C23H24N4/c1-16-21(17-11-7-5-8-12-17)22-25-19(23(2,3)4)15-20(27(22)26-16)24-18-13-9-6-10-14-18/h5-15,24H,1-4H3. The second-order valence-corrected chi connectivity index (χ2v) is 7.83. The maximum Gasteiger partial charge on any atom is 0.165 e. The fourth-order valence-electron chi connectivity index (χ4n) is 3.21. The van der Waals surface area contributed by atoms with Crippen molar-refractivity contribution in [2.45, 2.75) is 33.1 Å². The zero-order valence-corrected chi connectivity index (χ0v) is 16.2. The van der Waals surface area contributed by atoms with Gasteiger partial charge in [0.25, 0.3) is 0 Å². The lowest BCUT2D eigenvalue weighted by atomic mass is 9.92. The molecule has 27 heavy (non-hydrogen) atoms. The number of para-hydroxylation sites is 1. The van der Waals surface area contributed by atoms with Crippen LogP contribution in [0.1, 0.15) is 32.2 Å². The number of nitrogens with zero attached hydrogens (tertiary/aromatic N) is 3. The van der Waals surface area contributed by atoms with E-state index < -0.39 is 0 Å². The molecule has 2 heterocycles. The van der Waals surface area contributed by atoms with Crippen molar-refractivity contribution < 1.29 is 0 Å². The summed E-state index contributed by atoms with van der Waals surface area (Å²) in [4.78, 5) is 5.01. The molecule has 0 spiro atoms. The average Bonchev–Trinajstić information content (AvgIpc) is 2.99. The second-order valence-electron chi connectivity index (χ2n) is 7.83. The number of hydrogen-bond acceptors (Lipinski definition) is 3. The smallest absolute Gasteiger partial charge is 0.165 e. The van der Waals surface area contributed by atoms with Gasteiger partial charge in [0.1, 0.15) is 5.82 Å². The number of anilines is 2. The Morgan fingerprint density at radius 3 is 2.15 bits per heavy atom. The van der Waals surface area contributed by atoms with Crippen molar-refractivity contribution >= 4 is 17.2 Å². The molecule has 2 aromatic heterocycles. The van der Waals surface area contributed by atoms with Crippen LogP contribution in [-0.2, 0) is 5.41 Å². The van der Waals surface area contributed by atoms with Gasteiger partial charge < -0.3 is 5.32 Å². The van der Waals surface area contributed by atoms with E-state index in [0.29, 0.717) is 0 Å². The predicted molar refractivity (Wildman–Crippen MR) is 112 cm³/mol. The zero-order valence-electron chi connectivity index (χ0n) is 16.2. The van der Waals surface area contributed by atoms with E-state index in [1.807, 2.05) is 35.7 Å². The molecule has 0 unspecified atom stereocenters. The van der Waals surface area contributed by atoms with Gasteiger partial charge in [0, 0.05) is 22.7 Å². The SMILES string of the molecule is Cc1nn2c(Nc3ccccc3)cc(C(C)(C)C)nc2c1-c1ccccc1. The summed E-state index contributed by atoms with van der Waals surface area (Å²) in [6.45, 7) is 8.59. The quantitative estimate of drug-likeness (QED) is 0.508. The minimum absolute atomic E-state index is 0.0685. The predicted octanol–water partition coefficient (Wildman–Crippen LogP) is 5.75. The highest BCUT2D eigenvalue weighted by Gasteiger charge is 2.22. The second kappa shape index (κ2) is 6.54. The topological polar surface area (TPSA) is 42.2 Å². The normalized spacial score (nSPS) is 11.7. The summed E-state index contributed by atoms with van der Waals surface area (Å²) in [6.07, 6.45) is 0. The van der Waals surface area contributed by atoms with E-state index in [4.69, 9.17) is 10.1 Å². The Morgan fingerprint density at radius 1 is 0.889 bits per heavy atom. The van der Waals surface area contributed by atoms with Crippen LogP contribution in [0.15, 0.2) is 66.7 Å². The first-order valence-corrected chi connectivity index (χ1v) is 9.22. The van der Waals surface area contributed by atoms with Crippen LogP contribution in [0.5, 0.6) is 0 Å². The molecule has 0 aliphatic carbocycles. The van der Waals surface area contributed by atoms with Crippen molar-refractivity contribution in [2.24, 2.45) is 0 Å². The molecule has 0 aliphatic rings. The number of nitrogens with one attached hydrogen (secondary N) is 1. The molecule has 4 heteroatoms. The van der Waals surface area contributed by atoms with E-state index in [1.54, 1.807) is 0 Å². The third-order valence-corrected chi connectivity index (χ3v) is 4.64. The third-order valence-electron chi connectivity index (χ3n) is 4.64. The molecule has 136 valence electrons. The van der Waals surface area contributed by atoms with E-state index >= 15 is 0 Å². The molecule has 0 bridgehead atoms. The molecule has 1 N–H and O–H groups in total.